The lowest BCUT2D eigenvalue weighted by molar-refractivity contribution is 0.299. The van der Waals surface area contributed by atoms with Crippen molar-refractivity contribution in [3.05, 3.63) is 0 Å². The summed E-state index contributed by atoms with van der Waals surface area (Å²) in [4.78, 5) is 2.37. The van der Waals surface area contributed by atoms with E-state index in [1.165, 1.54) is 38.8 Å². The maximum Gasteiger partial charge on any atom is 0.168 e. The van der Waals surface area contributed by atoms with Crippen LogP contribution in [-0.2, 0) is 0 Å². The molecular weight excluding hydrogens is 192 g/mol. The Hall–Kier alpha value is -0.310. The van der Waals surface area contributed by atoms with Crippen molar-refractivity contribution < 1.29 is 0 Å². The summed E-state index contributed by atoms with van der Waals surface area (Å²) in [5.74, 6) is 1.86. The highest BCUT2D eigenvalue weighted by Crippen LogP contribution is 2.35. The summed E-state index contributed by atoms with van der Waals surface area (Å²) in [5.41, 5.74) is 0. The number of thiocarbonyl (C=S) groups is 1. The van der Waals surface area contributed by atoms with Gasteiger partial charge in [0.25, 0.3) is 0 Å². The molecule has 1 saturated carbocycles. The Morgan fingerprint density at radius 1 is 1.29 bits per heavy atom. The second-order valence-corrected chi connectivity index (χ2v) is 4.93. The summed E-state index contributed by atoms with van der Waals surface area (Å²) in [6, 6.07) is 0. The minimum atomic E-state index is 0.931. The first-order valence-corrected chi connectivity index (χ1v) is 6.25. The zero-order chi connectivity index (χ0) is 9.97. The molecule has 3 heteroatoms. The summed E-state index contributed by atoms with van der Waals surface area (Å²) in [7, 11) is 0. The topological polar surface area (TPSA) is 15.3 Å². The molecule has 14 heavy (non-hydrogen) atoms. The van der Waals surface area contributed by atoms with E-state index < -0.39 is 0 Å². The summed E-state index contributed by atoms with van der Waals surface area (Å²) in [6.07, 6.45) is 5.72. The van der Waals surface area contributed by atoms with E-state index in [9.17, 15) is 0 Å². The van der Waals surface area contributed by atoms with Crippen molar-refractivity contribution in [2.75, 3.05) is 19.6 Å². The van der Waals surface area contributed by atoms with Gasteiger partial charge in [0.15, 0.2) is 5.11 Å². The minimum Gasteiger partial charge on any atom is -0.363 e. The van der Waals surface area contributed by atoms with Crippen molar-refractivity contribution in [2.45, 2.75) is 32.6 Å². The number of rotatable bonds is 1. The van der Waals surface area contributed by atoms with Crippen LogP contribution >= 0.6 is 12.2 Å². The second-order valence-electron chi connectivity index (χ2n) is 4.55. The van der Waals surface area contributed by atoms with Crippen LogP contribution in [0.4, 0.5) is 0 Å². The average molecular weight is 212 g/mol. The second kappa shape index (κ2) is 4.47. The Morgan fingerprint density at radius 3 is 2.36 bits per heavy atom. The molecule has 1 saturated heterocycles. The Kier molecular flexibility index (Phi) is 3.26. The SMILES string of the molecule is CCNC(=S)N1CC2CCCCC2C1. The lowest BCUT2D eigenvalue weighted by Crippen LogP contribution is -2.38. The first kappa shape index (κ1) is 10.2. The molecule has 0 bridgehead atoms. The molecule has 2 atom stereocenters. The molecule has 2 fully saturated rings. The molecule has 1 aliphatic heterocycles. The van der Waals surface area contributed by atoms with E-state index >= 15 is 0 Å². The number of fused-ring (bicyclic) bond motifs is 1. The summed E-state index contributed by atoms with van der Waals surface area (Å²) < 4.78 is 0. The van der Waals surface area contributed by atoms with Crippen molar-refractivity contribution in [3.63, 3.8) is 0 Å². The van der Waals surface area contributed by atoms with E-state index in [1.54, 1.807) is 0 Å². The lowest BCUT2D eigenvalue weighted by atomic mass is 9.82. The van der Waals surface area contributed by atoms with Gasteiger partial charge in [0, 0.05) is 19.6 Å². The van der Waals surface area contributed by atoms with Gasteiger partial charge in [-0.2, -0.15) is 0 Å². The van der Waals surface area contributed by atoms with Crippen molar-refractivity contribution in [1.29, 1.82) is 0 Å². The summed E-state index contributed by atoms with van der Waals surface area (Å²) in [6.45, 7) is 5.47. The third-order valence-electron chi connectivity index (χ3n) is 3.59. The minimum absolute atomic E-state index is 0.931. The van der Waals surface area contributed by atoms with Crippen molar-refractivity contribution in [3.8, 4) is 0 Å². The summed E-state index contributed by atoms with van der Waals surface area (Å²) in [5, 5.41) is 4.23. The largest absolute Gasteiger partial charge is 0.363 e. The molecule has 80 valence electrons. The number of nitrogens with zero attached hydrogens (tertiary/aromatic N) is 1. The average Bonchev–Trinajstić information content (AvgIpc) is 2.61. The van der Waals surface area contributed by atoms with Gasteiger partial charge in [-0.3, -0.25) is 0 Å². The van der Waals surface area contributed by atoms with E-state index in [4.69, 9.17) is 12.2 Å². The first-order valence-electron chi connectivity index (χ1n) is 5.84. The van der Waals surface area contributed by atoms with Gasteiger partial charge < -0.3 is 10.2 Å². The van der Waals surface area contributed by atoms with E-state index in [-0.39, 0.29) is 0 Å². The predicted molar refractivity (Wildman–Crippen MR) is 63.3 cm³/mol. The zero-order valence-electron chi connectivity index (χ0n) is 8.96. The Balaban J connectivity index is 1.89. The van der Waals surface area contributed by atoms with Gasteiger partial charge in [-0.25, -0.2) is 0 Å². The molecule has 2 aliphatic rings. The smallest absolute Gasteiger partial charge is 0.168 e. The van der Waals surface area contributed by atoms with Gasteiger partial charge in [-0.05, 0) is 43.8 Å². The van der Waals surface area contributed by atoms with Crippen LogP contribution in [0.25, 0.3) is 0 Å². The quantitative estimate of drug-likeness (QED) is 0.669. The number of hydrogen-bond acceptors (Lipinski definition) is 1. The van der Waals surface area contributed by atoms with Gasteiger partial charge in [-0.15, -0.1) is 0 Å². The van der Waals surface area contributed by atoms with Crippen LogP contribution in [0.15, 0.2) is 0 Å². The van der Waals surface area contributed by atoms with Crippen LogP contribution in [0.1, 0.15) is 32.6 Å². The molecule has 1 N–H and O–H groups in total. The molecule has 2 rings (SSSR count). The third-order valence-corrected chi connectivity index (χ3v) is 3.99. The van der Waals surface area contributed by atoms with E-state index in [1.807, 2.05) is 0 Å². The molecule has 0 aromatic heterocycles. The van der Waals surface area contributed by atoms with Crippen LogP contribution in [-0.4, -0.2) is 29.6 Å². The van der Waals surface area contributed by atoms with Gasteiger partial charge in [0.1, 0.15) is 0 Å². The molecule has 1 aliphatic carbocycles. The molecule has 2 nitrogen and oxygen atoms in total. The number of nitrogens with one attached hydrogen (secondary N) is 1. The van der Waals surface area contributed by atoms with E-state index in [0.717, 1.165) is 23.5 Å². The van der Waals surface area contributed by atoms with Gasteiger partial charge in [0.05, 0.1) is 0 Å². The normalized spacial score (nSPS) is 31.4. The Morgan fingerprint density at radius 2 is 1.86 bits per heavy atom. The Labute approximate surface area is 92.0 Å². The molecular formula is C11H20N2S. The van der Waals surface area contributed by atoms with Gasteiger partial charge >= 0.3 is 0 Å². The Bertz CT molecular complexity index is 203. The fourth-order valence-electron chi connectivity index (χ4n) is 2.83. The lowest BCUT2D eigenvalue weighted by Gasteiger charge is -2.22. The van der Waals surface area contributed by atoms with Crippen molar-refractivity contribution in [2.24, 2.45) is 11.8 Å². The monoisotopic (exact) mass is 212 g/mol. The predicted octanol–water partition coefficient (Wildman–Crippen LogP) is 2.00. The highest BCUT2D eigenvalue weighted by atomic mass is 32.1. The number of likely N-dealkylation sites (tertiary alicyclic amines) is 1. The maximum atomic E-state index is 5.35. The molecule has 2 unspecified atom stereocenters. The van der Waals surface area contributed by atoms with Crippen molar-refractivity contribution >= 4 is 17.3 Å². The molecule has 0 aromatic rings. The van der Waals surface area contributed by atoms with Crippen LogP contribution in [0.3, 0.4) is 0 Å². The van der Waals surface area contributed by atoms with Crippen LogP contribution < -0.4 is 5.32 Å². The fraction of sp³-hybridized carbons (Fsp3) is 0.909. The van der Waals surface area contributed by atoms with Crippen molar-refractivity contribution in [1.82, 2.24) is 10.2 Å². The third kappa shape index (κ3) is 2.02. The number of hydrogen-bond donors (Lipinski definition) is 1. The fourth-order valence-corrected chi connectivity index (χ4v) is 3.13. The highest BCUT2D eigenvalue weighted by molar-refractivity contribution is 7.80. The van der Waals surface area contributed by atoms with E-state index in [0.29, 0.717) is 0 Å². The van der Waals surface area contributed by atoms with Gasteiger partial charge in [0.2, 0.25) is 0 Å². The van der Waals surface area contributed by atoms with Crippen LogP contribution in [0.2, 0.25) is 0 Å². The summed E-state index contributed by atoms with van der Waals surface area (Å²) >= 11 is 5.35. The first-order chi connectivity index (χ1) is 6.81. The molecule has 0 amide bonds. The molecule has 0 radical (unpaired) electrons. The van der Waals surface area contributed by atoms with Crippen LogP contribution in [0.5, 0.6) is 0 Å². The molecule has 0 spiro atoms. The standard InChI is InChI=1S/C11H20N2S/c1-2-12-11(14)13-7-9-5-3-4-6-10(9)8-13/h9-10H,2-8H2,1H3,(H,12,14). The van der Waals surface area contributed by atoms with E-state index in [2.05, 4.69) is 17.1 Å². The molecule has 0 aromatic carbocycles. The highest BCUT2D eigenvalue weighted by Gasteiger charge is 2.34. The maximum absolute atomic E-state index is 5.35. The van der Waals surface area contributed by atoms with Gasteiger partial charge in [-0.1, -0.05) is 12.8 Å². The zero-order valence-corrected chi connectivity index (χ0v) is 9.78. The molecule has 1 heterocycles. The van der Waals surface area contributed by atoms with Crippen LogP contribution in [0, 0.1) is 11.8 Å².